The third kappa shape index (κ3) is 7.03. The molecule has 1 aromatic rings. The second-order valence-electron chi connectivity index (χ2n) is 5.33. The number of anilines is 1. The summed E-state index contributed by atoms with van der Waals surface area (Å²) in [5.74, 6) is -0.824. The highest BCUT2D eigenvalue weighted by atomic mass is 16.3. The topological polar surface area (TPSA) is 116 Å². The molecular weight excluding hydrogens is 300 g/mol. The summed E-state index contributed by atoms with van der Waals surface area (Å²) in [6, 6.07) is 6.32. The number of aliphatic hydroxyl groups is 2. The number of hydrogen-bond acceptors (Lipinski definition) is 5. The number of benzene rings is 1. The van der Waals surface area contributed by atoms with Crippen molar-refractivity contribution in [1.82, 2.24) is 5.32 Å². The zero-order valence-corrected chi connectivity index (χ0v) is 13.2. The van der Waals surface area contributed by atoms with Gasteiger partial charge in [0.25, 0.3) is 0 Å². The molecule has 0 aliphatic heterocycles. The first-order chi connectivity index (χ1) is 10.8. The van der Waals surface area contributed by atoms with Crippen molar-refractivity contribution < 1.29 is 24.6 Å². The molecule has 2 amide bonds. The van der Waals surface area contributed by atoms with Crippen LogP contribution in [0.4, 0.5) is 5.69 Å². The number of hydrogen-bond donors (Lipinski definition) is 4. The number of carbonyl (C=O) groups is 3. The van der Waals surface area contributed by atoms with Gasteiger partial charge in [0.2, 0.25) is 11.8 Å². The summed E-state index contributed by atoms with van der Waals surface area (Å²) < 4.78 is 0. The van der Waals surface area contributed by atoms with Crippen molar-refractivity contribution in [2.24, 2.45) is 0 Å². The molecule has 0 fully saturated rings. The van der Waals surface area contributed by atoms with E-state index >= 15 is 0 Å². The Kier molecular flexibility index (Phi) is 7.37. The van der Waals surface area contributed by atoms with Crippen molar-refractivity contribution in [3.05, 3.63) is 29.8 Å². The normalized spacial score (nSPS) is 13.0. The van der Waals surface area contributed by atoms with Crippen molar-refractivity contribution in [1.29, 1.82) is 0 Å². The fourth-order valence-corrected chi connectivity index (χ4v) is 1.97. The number of ketones is 1. The van der Waals surface area contributed by atoms with Crippen molar-refractivity contribution in [3.8, 4) is 0 Å². The predicted octanol–water partition coefficient (Wildman–Crippen LogP) is 0.525. The van der Waals surface area contributed by atoms with E-state index in [2.05, 4.69) is 10.6 Å². The Bertz CT molecular complexity index is 556. The fourth-order valence-electron chi connectivity index (χ4n) is 1.97. The lowest BCUT2D eigenvalue weighted by Crippen LogP contribution is -2.27. The van der Waals surface area contributed by atoms with Crippen LogP contribution in [0, 0.1) is 0 Å². The first kappa shape index (κ1) is 18.8. The van der Waals surface area contributed by atoms with Gasteiger partial charge in [0.1, 0.15) is 11.9 Å². The van der Waals surface area contributed by atoms with E-state index in [4.69, 9.17) is 0 Å². The molecule has 1 rings (SSSR count). The van der Waals surface area contributed by atoms with Gasteiger partial charge in [0, 0.05) is 19.2 Å². The fraction of sp³-hybridized carbons (Fsp3) is 0.438. The molecule has 0 spiro atoms. The molecule has 7 nitrogen and oxygen atoms in total. The quantitative estimate of drug-likeness (QED) is 0.521. The van der Waals surface area contributed by atoms with Crippen LogP contribution in [-0.4, -0.2) is 40.5 Å². The lowest BCUT2D eigenvalue weighted by molar-refractivity contribution is -0.124. The van der Waals surface area contributed by atoms with Crippen LogP contribution in [0.1, 0.15) is 38.4 Å². The molecule has 126 valence electrons. The van der Waals surface area contributed by atoms with Gasteiger partial charge in [-0.25, -0.2) is 0 Å². The maximum atomic E-state index is 11.5. The first-order valence-electron chi connectivity index (χ1n) is 7.29. The summed E-state index contributed by atoms with van der Waals surface area (Å²) in [6.45, 7) is 2.98. The molecule has 0 aliphatic rings. The van der Waals surface area contributed by atoms with Crippen LogP contribution in [0.5, 0.6) is 0 Å². The van der Waals surface area contributed by atoms with E-state index in [1.165, 1.54) is 13.8 Å². The minimum atomic E-state index is -1.09. The number of carbonyl (C=O) groups excluding carboxylic acids is 3. The highest BCUT2D eigenvalue weighted by Gasteiger charge is 2.18. The minimum Gasteiger partial charge on any atom is -0.390 e. The van der Waals surface area contributed by atoms with Crippen molar-refractivity contribution in [3.63, 3.8) is 0 Å². The Morgan fingerprint density at radius 3 is 2.22 bits per heavy atom. The number of nitrogens with one attached hydrogen (secondary N) is 2. The van der Waals surface area contributed by atoms with Gasteiger partial charge < -0.3 is 20.8 Å². The number of aliphatic hydroxyl groups excluding tert-OH is 2. The standard InChI is InChI=1S/C16H22N2O5/c1-10(19)9-15(22)18-13-5-3-12(4-6-13)16(23)14(21)7-8-17-11(2)20/h3-6,14,16,21,23H,7-9H2,1-2H3,(H,17,20)(H,18,22). The molecule has 2 unspecified atom stereocenters. The number of Topliss-reactive ketones (excluding diaryl/α,β-unsaturated/α-hetero) is 1. The summed E-state index contributed by atoms with van der Waals surface area (Å²) in [6.07, 6.45) is -2.07. The summed E-state index contributed by atoms with van der Waals surface area (Å²) in [5, 5.41) is 25.0. The molecule has 1 aromatic carbocycles. The van der Waals surface area contributed by atoms with Crippen LogP contribution in [0.15, 0.2) is 24.3 Å². The van der Waals surface area contributed by atoms with Crippen LogP contribution in [0.25, 0.3) is 0 Å². The lowest BCUT2D eigenvalue weighted by Gasteiger charge is -2.18. The second-order valence-corrected chi connectivity index (χ2v) is 5.33. The Hall–Kier alpha value is -2.25. The highest BCUT2D eigenvalue weighted by molar-refractivity contribution is 6.03. The SMILES string of the molecule is CC(=O)CC(=O)Nc1ccc(C(O)C(O)CCNC(C)=O)cc1. The van der Waals surface area contributed by atoms with E-state index in [0.29, 0.717) is 11.3 Å². The summed E-state index contributed by atoms with van der Waals surface area (Å²) in [4.78, 5) is 33.1. The minimum absolute atomic E-state index is 0.188. The average Bonchev–Trinajstić information content (AvgIpc) is 2.45. The van der Waals surface area contributed by atoms with Gasteiger partial charge in [0.15, 0.2) is 0 Å². The third-order valence-electron chi connectivity index (χ3n) is 3.12. The van der Waals surface area contributed by atoms with Crippen LogP contribution < -0.4 is 10.6 Å². The molecule has 0 radical (unpaired) electrons. The number of rotatable bonds is 8. The molecule has 0 saturated carbocycles. The Balaban J connectivity index is 2.56. The zero-order chi connectivity index (χ0) is 17.4. The molecule has 0 bridgehead atoms. The summed E-state index contributed by atoms with van der Waals surface area (Å²) in [5.41, 5.74) is 0.991. The zero-order valence-electron chi connectivity index (χ0n) is 13.2. The van der Waals surface area contributed by atoms with Gasteiger partial charge in [0.05, 0.1) is 12.5 Å². The van der Waals surface area contributed by atoms with Gasteiger partial charge in [-0.1, -0.05) is 12.1 Å². The van der Waals surface area contributed by atoms with Gasteiger partial charge in [-0.15, -0.1) is 0 Å². The number of amides is 2. The molecule has 0 aromatic heterocycles. The van der Waals surface area contributed by atoms with Crippen LogP contribution in [0.3, 0.4) is 0 Å². The van der Waals surface area contributed by atoms with Crippen LogP contribution >= 0.6 is 0 Å². The molecule has 4 N–H and O–H groups in total. The van der Waals surface area contributed by atoms with Gasteiger partial charge >= 0.3 is 0 Å². The summed E-state index contributed by atoms with van der Waals surface area (Å²) in [7, 11) is 0. The second kappa shape index (κ2) is 9.02. The average molecular weight is 322 g/mol. The van der Waals surface area contributed by atoms with E-state index in [0.717, 1.165) is 0 Å². The van der Waals surface area contributed by atoms with E-state index in [1.54, 1.807) is 24.3 Å². The molecule has 23 heavy (non-hydrogen) atoms. The molecule has 0 heterocycles. The molecule has 0 saturated heterocycles. The van der Waals surface area contributed by atoms with Gasteiger partial charge in [-0.2, -0.15) is 0 Å². The van der Waals surface area contributed by atoms with E-state index in [9.17, 15) is 24.6 Å². The van der Waals surface area contributed by atoms with Crippen molar-refractivity contribution in [2.45, 2.75) is 38.9 Å². The van der Waals surface area contributed by atoms with E-state index in [-0.39, 0.29) is 31.1 Å². The Labute approximate surface area is 134 Å². The highest BCUT2D eigenvalue weighted by Crippen LogP contribution is 2.21. The Morgan fingerprint density at radius 2 is 1.70 bits per heavy atom. The van der Waals surface area contributed by atoms with E-state index in [1.807, 2.05) is 0 Å². The van der Waals surface area contributed by atoms with Gasteiger partial charge in [-0.3, -0.25) is 14.4 Å². The molecule has 0 aliphatic carbocycles. The lowest BCUT2D eigenvalue weighted by atomic mass is 10.0. The Morgan fingerprint density at radius 1 is 1.09 bits per heavy atom. The smallest absolute Gasteiger partial charge is 0.231 e. The molecule has 7 heteroatoms. The molecular formula is C16H22N2O5. The largest absolute Gasteiger partial charge is 0.390 e. The maximum absolute atomic E-state index is 11.5. The first-order valence-corrected chi connectivity index (χ1v) is 7.29. The van der Waals surface area contributed by atoms with Gasteiger partial charge in [-0.05, 0) is 31.0 Å². The van der Waals surface area contributed by atoms with E-state index < -0.39 is 18.1 Å². The van der Waals surface area contributed by atoms with Crippen molar-refractivity contribution >= 4 is 23.3 Å². The maximum Gasteiger partial charge on any atom is 0.231 e. The van der Waals surface area contributed by atoms with Crippen LogP contribution in [-0.2, 0) is 14.4 Å². The predicted molar refractivity (Wildman–Crippen MR) is 84.6 cm³/mol. The van der Waals surface area contributed by atoms with Crippen LogP contribution in [0.2, 0.25) is 0 Å². The monoisotopic (exact) mass is 322 g/mol. The third-order valence-corrected chi connectivity index (χ3v) is 3.12. The molecule has 2 atom stereocenters. The van der Waals surface area contributed by atoms with Crippen molar-refractivity contribution in [2.75, 3.05) is 11.9 Å². The summed E-state index contributed by atoms with van der Waals surface area (Å²) >= 11 is 0.